The Morgan fingerprint density at radius 1 is 1.26 bits per heavy atom. The maximum Gasteiger partial charge on any atom is 0.271 e. The fraction of sp³-hybridized carbons (Fsp3) is 0.143. The molecule has 0 radical (unpaired) electrons. The number of H-pyrrole nitrogens is 1. The third-order valence-electron chi connectivity index (χ3n) is 4.66. The molecule has 2 aromatic carbocycles. The third kappa shape index (κ3) is 4.45. The Balaban J connectivity index is 1.62. The zero-order valence-corrected chi connectivity index (χ0v) is 19.8. The zero-order valence-electron chi connectivity index (χ0n) is 16.6. The number of aromatic amines is 1. The number of carbonyl (C=O) groups excluding carboxylic acids is 1. The van der Waals surface area contributed by atoms with Gasteiger partial charge in [-0.1, -0.05) is 59.0 Å². The molecule has 2 aromatic heterocycles. The van der Waals surface area contributed by atoms with E-state index in [2.05, 4.69) is 15.3 Å². The van der Waals surface area contributed by atoms with Crippen molar-refractivity contribution in [2.24, 2.45) is 0 Å². The van der Waals surface area contributed by atoms with Gasteiger partial charge >= 0.3 is 0 Å². The molecule has 2 N–H and O–H groups in total. The van der Waals surface area contributed by atoms with Gasteiger partial charge in [-0.05, 0) is 55.4 Å². The lowest BCUT2D eigenvalue weighted by Crippen LogP contribution is -2.16. The lowest BCUT2D eigenvalue weighted by molar-refractivity contribution is -0.113. The van der Waals surface area contributed by atoms with Crippen LogP contribution in [0.5, 0.6) is 0 Å². The molecule has 0 aliphatic heterocycles. The number of nitrogens with zero attached hydrogens (tertiary/aromatic N) is 2. The van der Waals surface area contributed by atoms with E-state index < -0.39 is 0 Å². The molecule has 0 spiro atoms. The van der Waals surface area contributed by atoms with Crippen LogP contribution >= 0.6 is 46.9 Å². The molecule has 2 heterocycles. The van der Waals surface area contributed by atoms with Gasteiger partial charge in [0, 0.05) is 10.7 Å². The molecule has 0 fully saturated rings. The lowest BCUT2D eigenvalue weighted by atomic mass is 10.2. The van der Waals surface area contributed by atoms with Crippen molar-refractivity contribution in [2.75, 3.05) is 11.1 Å². The van der Waals surface area contributed by atoms with E-state index in [1.54, 1.807) is 22.8 Å². The molecule has 1 amide bonds. The number of halogens is 1. The summed E-state index contributed by atoms with van der Waals surface area (Å²) in [6.45, 7) is 3.82. The molecular formula is C21H17ClN4O2S3. The number of anilines is 1. The van der Waals surface area contributed by atoms with Crippen molar-refractivity contribution in [3.63, 3.8) is 0 Å². The molecule has 0 atom stereocenters. The maximum atomic E-state index is 12.6. The van der Waals surface area contributed by atoms with Crippen LogP contribution in [-0.2, 0) is 4.79 Å². The molecule has 31 heavy (non-hydrogen) atoms. The van der Waals surface area contributed by atoms with Crippen LogP contribution in [0.15, 0.2) is 52.4 Å². The van der Waals surface area contributed by atoms with Crippen molar-refractivity contribution in [1.82, 2.24) is 14.5 Å². The van der Waals surface area contributed by atoms with Crippen LogP contribution in [0.3, 0.4) is 0 Å². The van der Waals surface area contributed by atoms with Crippen molar-refractivity contribution >= 4 is 68.9 Å². The first-order valence-electron chi connectivity index (χ1n) is 9.25. The van der Waals surface area contributed by atoms with Gasteiger partial charge in [-0.15, -0.1) is 0 Å². The van der Waals surface area contributed by atoms with Crippen molar-refractivity contribution in [3.8, 4) is 5.69 Å². The number of thioether (sulfide) groups is 1. The molecule has 4 aromatic rings. The van der Waals surface area contributed by atoms with Crippen molar-refractivity contribution in [3.05, 3.63) is 72.9 Å². The highest BCUT2D eigenvalue weighted by molar-refractivity contribution is 7.99. The number of hydrogen-bond donors (Lipinski definition) is 2. The minimum Gasteiger partial charge on any atom is -0.325 e. The minimum absolute atomic E-state index is 0.0790. The Kier molecular flexibility index (Phi) is 6.29. The fourth-order valence-corrected chi connectivity index (χ4v) is 5.14. The van der Waals surface area contributed by atoms with Gasteiger partial charge in [-0.3, -0.25) is 14.2 Å². The summed E-state index contributed by atoms with van der Waals surface area (Å²) in [4.78, 5) is 32.4. The Labute approximate surface area is 196 Å². The highest BCUT2D eigenvalue weighted by Gasteiger charge is 2.16. The van der Waals surface area contributed by atoms with Gasteiger partial charge < -0.3 is 10.3 Å². The predicted molar refractivity (Wildman–Crippen MR) is 131 cm³/mol. The van der Waals surface area contributed by atoms with Gasteiger partial charge in [0.25, 0.3) is 5.56 Å². The minimum atomic E-state index is -0.276. The first kappa shape index (κ1) is 21.8. The summed E-state index contributed by atoms with van der Waals surface area (Å²) < 4.78 is 2.80. The Morgan fingerprint density at radius 3 is 2.81 bits per heavy atom. The zero-order chi connectivity index (χ0) is 22.1. The molecule has 6 nitrogen and oxygen atoms in total. The molecule has 0 saturated heterocycles. The second-order valence-corrected chi connectivity index (χ2v) is 9.78. The molecule has 4 rings (SSSR count). The number of carbonyl (C=O) groups is 1. The van der Waals surface area contributed by atoms with Gasteiger partial charge in [-0.25, -0.2) is 4.98 Å². The number of rotatable bonds is 5. The average molecular weight is 489 g/mol. The largest absolute Gasteiger partial charge is 0.325 e. The van der Waals surface area contributed by atoms with E-state index in [0.29, 0.717) is 30.2 Å². The van der Waals surface area contributed by atoms with Crippen LogP contribution in [0.1, 0.15) is 11.1 Å². The van der Waals surface area contributed by atoms with Crippen LogP contribution in [0.4, 0.5) is 5.69 Å². The number of para-hydroxylation sites is 1. The highest BCUT2D eigenvalue weighted by Crippen LogP contribution is 2.27. The monoisotopic (exact) mass is 488 g/mol. The summed E-state index contributed by atoms with van der Waals surface area (Å²) >= 11 is 14.0. The summed E-state index contributed by atoms with van der Waals surface area (Å²) in [7, 11) is 0. The topological polar surface area (TPSA) is 79.8 Å². The second-order valence-electron chi connectivity index (χ2n) is 6.76. The van der Waals surface area contributed by atoms with Crippen molar-refractivity contribution in [2.45, 2.75) is 19.0 Å². The van der Waals surface area contributed by atoms with E-state index in [1.807, 2.05) is 38.1 Å². The van der Waals surface area contributed by atoms with Crippen LogP contribution in [0.2, 0.25) is 5.02 Å². The van der Waals surface area contributed by atoms with Gasteiger partial charge in [-0.2, -0.15) is 0 Å². The average Bonchev–Trinajstić information content (AvgIpc) is 3.07. The smallest absolute Gasteiger partial charge is 0.271 e. The van der Waals surface area contributed by atoms with E-state index in [0.717, 1.165) is 28.6 Å². The molecule has 0 bridgehead atoms. The number of hydrogen-bond acceptors (Lipinski definition) is 6. The Hall–Kier alpha value is -2.46. The van der Waals surface area contributed by atoms with Gasteiger partial charge in [0.2, 0.25) is 5.91 Å². The van der Waals surface area contributed by atoms with Gasteiger partial charge in [0.15, 0.2) is 14.8 Å². The summed E-state index contributed by atoms with van der Waals surface area (Å²) in [5, 5.41) is 3.77. The maximum absolute atomic E-state index is 12.6. The van der Waals surface area contributed by atoms with Crippen LogP contribution in [0.25, 0.3) is 16.0 Å². The summed E-state index contributed by atoms with van der Waals surface area (Å²) in [6.07, 6.45) is 0. The first-order chi connectivity index (χ1) is 14.8. The SMILES string of the molecule is Cc1ccccc1-n1c(=S)sc2c(=O)[nH]c(SCC(=O)Nc3cccc(Cl)c3C)nc21. The summed E-state index contributed by atoms with van der Waals surface area (Å²) in [5.41, 5.74) is 3.56. The number of amides is 1. The predicted octanol–water partition coefficient (Wildman–Crippen LogP) is 5.51. The highest BCUT2D eigenvalue weighted by atomic mass is 35.5. The Morgan fingerprint density at radius 2 is 2.03 bits per heavy atom. The van der Waals surface area contributed by atoms with Gasteiger partial charge in [0.05, 0.1) is 11.4 Å². The fourth-order valence-electron chi connectivity index (χ4n) is 3.05. The summed E-state index contributed by atoms with van der Waals surface area (Å²) in [6, 6.07) is 13.1. The van der Waals surface area contributed by atoms with E-state index in [1.165, 1.54) is 11.3 Å². The number of aromatic nitrogens is 3. The number of nitrogens with one attached hydrogen (secondary N) is 2. The summed E-state index contributed by atoms with van der Waals surface area (Å²) in [5.74, 6) is -0.144. The van der Waals surface area contributed by atoms with Gasteiger partial charge in [0.1, 0.15) is 4.70 Å². The molecular weight excluding hydrogens is 472 g/mol. The Bertz CT molecular complexity index is 1420. The quantitative estimate of drug-likeness (QED) is 0.220. The standard InChI is InChI=1S/C21H17ClN4O2S3/c1-11-6-3-4-9-15(11)26-18-17(31-21(26)29)19(28)25-20(24-18)30-10-16(27)23-14-8-5-7-13(22)12(14)2/h3-9H,10H2,1-2H3,(H,23,27)(H,24,25,28). The molecule has 158 valence electrons. The molecule has 0 aliphatic carbocycles. The van der Waals surface area contributed by atoms with Crippen LogP contribution in [-0.4, -0.2) is 26.2 Å². The van der Waals surface area contributed by atoms with Crippen LogP contribution < -0.4 is 10.9 Å². The normalized spacial score (nSPS) is 11.1. The van der Waals surface area contributed by atoms with Crippen molar-refractivity contribution < 1.29 is 4.79 Å². The third-order valence-corrected chi connectivity index (χ3v) is 7.30. The second kappa shape index (κ2) is 8.96. The number of benzene rings is 2. The van der Waals surface area contributed by atoms with Crippen molar-refractivity contribution in [1.29, 1.82) is 0 Å². The molecule has 0 aliphatic rings. The number of fused-ring (bicyclic) bond motifs is 1. The molecule has 0 unspecified atom stereocenters. The van der Waals surface area contributed by atoms with Crippen LogP contribution in [0, 0.1) is 17.8 Å². The van der Waals surface area contributed by atoms with E-state index in [9.17, 15) is 9.59 Å². The number of aryl methyl sites for hydroxylation is 1. The molecule has 0 saturated carbocycles. The number of thiazole rings is 1. The van der Waals surface area contributed by atoms with E-state index in [4.69, 9.17) is 23.8 Å². The first-order valence-corrected chi connectivity index (χ1v) is 11.8. The van der Waals surface area contributed by atoms with E-state index in [-0.39, 0.29) is 17.2 Å². The van der Waals surface area contributed by atoms with E-state index >= 15 is 0 Å². The lowest BCUT2D eigenvalue weighted by Gasteiger charge is -2.10. The molecule has 10 heteroatoms.